The Labute approximate surface area is 136 Å². The summed E-state index contributed by atoms with van der Waals surface area (Å²) in [6, 6.07) is 5.71. The average Bonchev–Trinajstić information content (AvgIpc) is 2.51. The number of carbonyl (C=O) groups excluding carboxylic acids is 3. The van der Waals surface area contributed by atoms with E-state index in [1.807, 2.05) is 0 Å². The Bertz CT molecular complexity index is 569. The summed E-state index contributed by atoms with van der Waals surface area (Å²) < 4.78 is 29.6. The monoisotopic (exact) mass is 346 g/mol. The summed E-state index contributed by atoms with van der Waals surface area (Å²) in [5.41, 5.74) is -0.0469. The summed E-state index contributed by atoms with van der Waals surface area (Å²) in [6.07, 6.45) is 0. The molecule has 1 rings (SSSR count). The third-order valence-corrected chi connectivity index (χ3v) is 3.27. The van der Waals surface area contributed by atoms with Crippen LogP contribution in [0.25, 0.3) is 0 Å². The molecule has 1 aromatic carbocycles. The number of hydrogen-bond donors (Lipinski definition) is 2. The minimum atomic E-state index is -2.68. The van der Waals surface area contributed by atoms with Crippen LogP contribution in [-0.4, -0.2) is 43.2 Å². The topological polar surface area (TPSA) is 84.5 Å². The first kappa shape index (κ1) is 18.9. The lowest BCUT2D eigenvalue weighted by Crippen LogP contribution is -2.38. The Kier molecular flexibility index (Phi) is 8.03. The lowest BCUT2D eigenvalue weighted by atomic mass is 10.2. The Hall–Kier alpha value is -2.16. The minimum Gasteiger partial charge on any atom is -0.452 e. The molecule has 126 valence electrons. The first-order valence-corrected chi connectivity index (χ1v) is 7.56. The van der Waals surface area contributed by atoms with Crippen LogP contribution in [0.4, 0.5) is 8.78 Å². The van der Waals surface area contributed by atoms with Crippen molar-refractivity contribution in [3.05, 3.63) is 29.8 Å². The Morgan fingerprint density at radius 2 is 1.87 bits per heavy atom. The molecule has 0 fully saturated rings. The van der Waals surface area contributed by atoms with Crippen molar-refractivity contribution in [2.45, 2.75) is 17.6 Å². The van der Waals surface area contributed by atoms with Crippen molar-refractivity contribution < 1.29 is 27.9 Å². The van der Waals surface area contributed by atoms with Gasteiger partial charge in [0.05, 0.1) is 12.1 Å². The maximum absolute atomic E-state index is 12.4. The average molecular weight is 346 g/mol. The van der Waals surface area contributed by atoms with Crippen molar-refractivity contribution in [1.29, 1.82) is 0 Å². The normalized spacial score (nSPS) is 10.3. The Balaban J connectivity index is 2.51. The summed E-state index contributed by atoms with van der Waals surface area (Å²) in [4.78, 5) is 34.5. The van der Waals surface area contributed by atoms with E-state index < -0.39 is 24.2 Å². The highest BCUT2D eigenvalue weighted by molar-refractivity contribution is 7.99. The number of benzene rings is 1. The number of carbonyl (C=O) groups is 3. The number of thioether (sulfide) groups is 1. The molecule has 0 atom stereocenters. The molecule has 0 bridgehead atoms. The van der Waals surface area contributed by atoms with Gasteiger partial charge in [-0.1, -0.05) is 23.9 Å². The van der Waals surface area contributed by atoms with Gasteiger partial charge >= 0.3 is 5.97 Å². The molecule has 2 amide bonds. The van der Waals surface area contributed by atoms with Crippen molar-refractivity contribution in [3.63, 3.8) is 0 Å². The number of nitrogens with one attached hydrogen (secondary N) is 2. The van der Waals surface area contributed by atoms with Crippen LogP contribution in [0.2, 0.25) is 0 Å². The van der Waals surface area contributed by atoms with Gasteiger partial charge in [-0.2, -0.15) is 8.78 Å². The number of ether oxygens (including phenoxy) is 1. The summed E-state index contributed by atoms with van der Waals surface area (Å²) in [5, 5.41) is 4.75. The molecule has 0 saturated heterocycles. The fourth-order valence-electron chi connectivity index (χ4n) is 1.53. The van der Waals surface area contributed by atoms with E-state index in [-0.39, 0.29) is 34.7 Å². The van der Waals surface area contributed by atoms with Gasteiger partial charge in [0.1, 0.15) is 0 Å². The molecule has 6 nitrogen and oxygen atoms in total. The number of alkyl halides is 2. The molecule has 2 N–H and O–H groups in total. The number of likely N-dealkylation sites (N-methyl/N-ethyl adjacent to an activating group) is 1. The first-order chi connectivity index (χ1) is 10.9. The lowest BCUT2D eigenvalue weighted by molar-refractivity contribution is -0.127. The second-order valence-electron chi connectivity index (χ2n) is 4.18. The Morgan fingerprint density at radius 1 is 1.17 bits per heavy atom. The van der Waals surface area contributed by atoms with Gasteiger partial charge in [-0.3, -0.25) is 9.59 Å². The molecule has 0 saturated carbocycles. The third-order valence-electron chi connectivity index (χ3n) is 2.48. The van der Waals surface area contributed by atoms with E-state index in [1.54, 1.807) is 6.92 Å². The van der Waals surface area contributed by atoms with Crippen molar-refractivity contribution >= 4 is 29.5 Å². The number of rotatable bonds is 8. The highest BCUT2D eigenvalue weighted by Gasteiger charge is 2.17. The van der Waals surface area contributed by atoms with Gasteiger partial charge in [-0.25, -0.2) is 4.79 Å². The molecule has 0 aromatic heterocycles. The van der Waals surface area contributed by atoms with E-state index in [0.29, 0.717) is 6.54 Å². The van der Waals surface area contributed by atoms with Gasteiger partial charge in [-0.05, 0) is 19.1 Å². The molecular formula is C14H16F2N2O4S. The van der Waals surface area contributed by atoms with Crippen LogP contribution >= 0.6 is 11.8 Å². The SMILES string of the molecule is CCNC(=O)CNC(=O)COC(=O)c1ccccc1SC(F)F. The molecule has 23 heavy (non-hydrogen) atoms. The number of halogens is 2. The maximum Gasteiger partial charge on any atom is 0.339 e. The van der Waals surface area contributed by atoms with Crippen molar-refractivity contribution in [3.8, 4) is 0 Å². The predicted molar refractivity (Wildman–Crippen MR) is 80.3 cm³/mol. The van der Waals surface area contributed by atoms with Crippen LogP contribution in [0.1, 0.15) is 17.3 Å². The van der Waals surface area contributed by atoms with Crippen molar-refractivity contribution in [2.75, 3.05) is 19.7 Å². The zero-order valence-electron chi connectivity index (χ0n) is 12.3. The summed E-state index contributed by atoms with van der Waals surface area (Å²) in [5.74, 6) is -4.60. The highest BCUT2D eigenvalue weighted by Crippen LogP contribution is 2.28. The zero-order chi connectivity index (χ0) is 17.2. The molecule has 9 heteroatoms. The van der Waals surface area contributed by atoms with Gasteiger partial charge in [0.25, 0.3) is 11.7 Å². The van der Waals surface area contributed by atoms with Crippen molar-refractivity contribution in [1.82, 2.24) is 10.6 Å². The zero-order valence-corrected chi connectivity index (χ0v) is 13.1. The molecule has 0 aliphatic heterocycles. The summed E-state index contributed by atoms with van der Waals surface area (Å²) in [6.45, 7) is 1.33. The second-order valence-corrected chi connectivity index (χ2v) is 5.21. The molecule has 0 radical (unpaired) electrons. The number of hydrogen-bond acceptors (Lipinski definition) is 5. The molecule has 0 aliphatic rings. The van der Waals surface area contributed by atoms with Crippen LogP contribution in [0.5, 0.6) is 0 Å². The van der Waals surface area contributed by atoms with Gasteiger partial charge in [-0.15, -0.1) is 0 Å². The molecule has 0 heterocycles. The van der Waals surface area contributed by atoms with E-state index >= 15 is 0 Å². The van der Waals surface area contributed by atoms with Crippen LogP contribution < -0.4 is 10.6 Å². The second kappa shape index (κ2) is 9.78. The standard InChI is InChI=1S/C14H16F2N2O4S/c1-2-17-11(19)7-18-12(20)8-22-13(21)9-5-3-4-6-10(9)23-14(15)16/h3-6,14H,2,7-8H2,1H3,(H,17,19)(H,18,20). The van der Waals surface area contributed by atoms with E-state index in [9.17, 15) is 23.2 Å². The Morgan fingerprint density at radius 3 is 2.52 bits per heavy atom. The molecular weight excluding hydrogens is 330 g/mol. The fraction of sp³-hybridized carbons (Fsp3) is 0.357. The predicted octanol–water partition coefficient (Wildman–Crippen LogP) is 1.41. The summed E-state index contributed by atoms with van der Waals surface area (Å²) in [7, 11) is 0. The maximum atomic E-state index is 12.4. The number of amides is 2. The van der Waals surface area contributed by atoms with Crippen LogP contribution in [0, 0.1) is 0 Å². The third kappa shape index (κ3) is 7.09. The van der Waals surface area contributed by atoms with E-state index in [0.717, 1.165) is 0 Å². The quantitative estimate of drug-likeness (QED) is 0.549. The van der Waals surface area contributed by atoms with E-state index in [2.05, 4.69) is 10.6 Å². The van der Waals surface area contributed by atoms with Crippen LogP contribution in [0.3, 0.4) is 0 Å². The minimum absolute atomic E-state index is 0.0469. The molecule has 0 aliphatic carbocycles. The van der Waals surface area contributed by atoms with E-state index in [4.69, 9.17) is 4.74 Å². The summed E-state index contributed by atoms with van der Waals surface area (Å²) >= 11 is 0.220. The van der Waals surface area contributed by atoms with Gasteiger partial charge in [0, 0.05) is 11.4 Å². The van der Waals surface area contributed by atoms with Crippen LogP contribution in [-0.2, 0) is 14.3 Å². The fourth-order valence-corrected chi connectivity index (χ4v) is 2.16. The smallest absolute Gasteiger partial charge is 0.339 e. The van der Waals surface area contributed by atoms with Gasteiger partial charge in [0.15, 0.2) is 6.61 Å². The molecule has 0 unspecified atom stereocenters. The molecule has 0 spiro atoms. The van der Waals surface area contributed by atoms with Crippen LogP contribution in [0.15, 0.2) is 29.2 Å². The van der Waals surface area contributed by atoms with E-state index in [1.165, 1.54) is 24.3 Å². The lowest BCUT2D eigenvalue weighted by Gasteiger charge is -2.09. The van der Waals surface area contributed by atoms with Crippen molar-refractivity contribution in [2.24, 2.45) is 0 Å². The molecule has 1 aromatic rings. The van der Waals surface area contributed by atoms with Gasteiger partial charge < -0.3 is 15.4 Å². The highest BCUT2D eigenvalue weighted by atomic mass is 32.2. The van der Waals surface area contributed by atoms with Gasteiger partial charge in [0.2, 0.25) is 5.91 Å². The number of esters is 1. The largest absolute Gasteiger partial charge is 0.452 e. The first-order valence-electron chi connectivity index (χ1n) is 6.68.